The van der Waals surface area contributed by atoms with Crippen LogP contribution >= 0.6 is 0 Å². The summed E-state index contributed by atoms with van der Waals surface area (Å²) >= 11 is 0. The molecular weight excluding hydrogens is 530 g/mol. The zero-order chi connectivity index (χ0) is 28.7. The van der Waals surface area contributed by atoms with Gasteiger partial charge in [-0.2, -0.15) is 12.8 Å². The molecule has 0 saturated carbocycles. The third kappa shape index (κ3) is 6.63. The number of amides is 1. The lowest BCUT2D eigenvalue weighted by molar-refractivity contribution is -0.137. The molecule has 4 aromatic carbocycles. The summed E-state index contributed by atoms with van der Waals surface area (Å²) in [6.07, 6.45) is -0.453. The van der Waals surface area contributed by atoms with Crippen molar-refractivity contribution in [3.63, 3.8) is 0 Å². The molecule has 0 fully saturated rings. The van der Waals surface area contributed by atoms with E-state index in [1.165, 1.54) is 30.3 Å². The van der Waals surface area contributed by atoms with Gasteiger partial charge in [0.25, 0.3) is 15.9 Å². The van der Waals surface area contributed by atoms with Crippen molar-refractivity contribution < 1.29 is 23.1 Å². The Morgan fingerprint density at radius 2 is 1.43 bits per heavy atom. The molecule has 0 aliphatic heterocycles. The second-order valence-electron chi connectivity index (χ2n) is 8.75. The van der Waals surface area contributed by atoms with Gasteiger partial charge in [-0.05, 0) is 53.1 Å². The minimum absolute atomic E-state index is 0.0478. The van der Waals surface area contributed by atoms with Crippen LogP contribution in [-0.4, -0.2) is 31.4 Å². The van der Waals surface area contributed by atoms with E-state index in [1.54, 1.807) is 48.5 Å². The average Bonchev–Trinajstić information content (AvgIpc) is 2.96. The number of nitrogens with one attached hydrogen (secondary N) is 1. The van der Waals surface area contributed by atoms with Crippen molar-refractivity contribution in [3.8, 4) is 11.1 Å². The second kappa shape index (κ2) is 12.1. The maximum absolute atomic E-state index is 13.4. The van der Waals surface area contributed by atoms with Gasteiger partial charge >= 0.3 is 5.97 Å². The fourth-order valence-corrected chi connectivity index (χ4v) is 5.31. The Kier molecular flexibility index (Phi) is 8.45. The Morgan fingerprint density at radius 3 is 2.02 bits per heavy atom. The van der Waals surface area contributed by atoms with Crippen LogP contribution in [-0.2, 0) is 14.8 Å². The number of anilines is 1. The number of hydrazone groups is 1. The summed E-state index contributed by atoms with van der Waals surface area (Å²) < 4.78 is 27.4. The molecule has 0 saturated heterocycles. The summed E-state index contributed by atoms with van der Waals surface area (Å²) in [7, 11) is -4.23. The van der Waals surface area contributed by atoms with Gasteiger partial charge in [0.2, 0.25) is 5.96 Å². The van der Waals surface area contributed by atoms with Crippen LogP contribution in [0.2, 0.25) is 0 Å². The monoisotopic (exact) mass is 557 g/mol. The van der Waals surface area contributed by atoms with Crippen LogP contribution in [0.4, 0.5) is 5.69 Å². The summed E-state index contributed by atoms with van der Waals surface area (Å²) in [5, 5.41) is 16.1. The number of carboxylic acid groups (broad SMARTS) is 1. The van der Waals surface area contributed by atoms with Crippen molar-refractivity contribution >= 4 is 33.5 Å². The highest BCUT2D eigenvalue weighted by Gasteiger charge is 2.27. The zero-order valence-corrected chi connectivity index (χ0v) is 22.0. The lowest BCUT2D eigenvalue weighted by Gasteiger charge is -2.22. The minimum Gasteiger partial charge on any atom is -0.481 e. The van der Waals surface area contributed by atoms with Crippen LogP contribution in [0.3, 0.4) is 0 Å². The molecule has 11 heteroatoms. The molecule has 4 aromatic rings. The number of guanidine groups is 1. The lowest BCUT2D eigenvalue weighted by atomic mass is 10.0. The van der Waals surface area contributed by atoms with Crippen LogP contribution in [0.25, 0.3) is 11.1 Å². The molecule has 0 bridgehead atoms. The standard InChI is InChI=1S/C29H27N5O5S/c30-29(31)33-34(40(38,39)25-12-5-2-6-13-25)24-11-7-10-23(18-24)26(19-27(35)36)32-28(37)22-16-14-21(15-17-22)20-8-3-1-4-9-20/h1-18,26H,19H2,(H,32,37)(H,35,36)(H4,30,31,33). The Balaban J connectivity index is 1.64. The topological polar surface area (TPSA) is 168 Å². The van der Waals surface area contributed by atoms with Crippen molar-refractivity contribution in [1.82, 2.24) is 5.32 Å². The van der Waals surface area contributed by atoms with Crippen molar-refractivity contribution in [1.29, 1.82) is 0 Å². The first-order valence-electron chi connectivity index (χ1n) is 12.1. The van der Waals surface area contributed by atoms with Crippen LogP contribution in [0, 0.1) is 0 Å². The molecule has 0 aliphatic rings. The van der Waals surface area contributed by atoms with Gasteiger partial charge in [-0.1, -0.05) is 72.8 Å². The molecule has 0 heterocycles. The van der Waals surface area contributed by atoms with Crippen LogP contribution < -0.4 is 21.2 Å². The molecule has 204 valence electrons. The first kappa shape index (κ1) is 27.9. The number of aliphatic carboxylic acids is 1. The molecule has 1 atom stereocenters. The number of nitrogens with zero attached hydrogens (tertiary/aromatic N) is 2. The molecule has 4 rings (SSSR count). The number of hydrogen-bond acceptors (Lipinski definition) is 5. The Labute approximate surface area is 231 Å². The fraction of sp³-hybridized carbons (Fsp3) is 0.0690. The Bertz CT molecular complexity index is 1620. The van der Waals surface area contributed by atoms with E-state index >= 15 is 0 Å². The lowest BCUT2D eigenvalue weighted by Crippen LogP contribution is -2.33. The van der Waals surface area contributed by atoms with Gasteiger partial charge in [-0.25, -0.2) is 0 Å². The van der Waals surface area contributed by atoms with Gasteiger partial charge in [-0.3, -0.25) is 9.59 Å². The van der Waals surface area contributed by atoms with Gasteiger partial charge < -0.3 is 21.9 Å². The van der Waals surface area contributed by atoms with Gasteiger partial charge in [0.05, 0.1) is 23.0 Å². The summed E-state index contributed by atoms with van der Waals surface area (Å²) in [6, 6.07) is 29.1. The van der Waals surface area contributed by atoms with E-state index in [1.807, 2.05) is 30.3 Å². The van der Waals surface area contributed by atoms with E-state index in [-0.39, 0.29) is 10.6 Å². The van der Waals surface area contributed by atoms with Crippen molar-refractivity contribution in [2.45, 2.75) is 17.4 Å². The summed E-state index contributed by atoms with van der Waals surface area (Å²) in [6.45, 7) is 0. The van der Waals surface area contributed by atoms with Gasteiger partial charge in [0, 0.05) is 5.56 Å². The predicted octanol–water partition coefficient (Wildman–Crippen LogP) is 3.68. The quantitative estimate of drug-likeness (QED) is 0.131. The summed E-state index contributed by atoms with van der Waals surface area (Å²) in [4.78, 5) is 24.7. The number of carbonyl (C=O) groups is 2. The SMILES string of the molecule is NC(N)=NN(c1cccc(C(CC(=O)O)NC(=O)c2ccc(-c3ccccc3)cc2)c1)S(=O)(=O)c1ccccc1. The molecule has 0 aliphatic carbocycles. The molecular formula is C29H27N5O5S. The normalized spacial score (nSPS) is 11.7. The molecule has 1 amide bonds. The molecule has 6 N–H and O–H groups in total. The maximum atomic E-state index is 13.4. The molecule has 1 unspecified atom stereocenters. The molecule has 10 nitrogen and oxygen atoms in total. The Morgan fingerprint density at radius 1 is 0.825 bits per heavy atom. The molecule has 0 spiro atoms. The minimum atomic E-state index is -4.23. The van der Waals surface area contributed by atoms with Crippen molar-refractivity contribution in [2.75, 3.05) is 4.41 Å². The van der Waals surface area contributed by atoms with Crippen LogP contribution in [0.15, 0.2) is 119 Å². The number of nitrogens with two attached hydrogens (primary N) is 2. The molecule has 40 heavy (non-hydrogen) atoms. The summed E-state index contributed by atoms with van der Waals surface area (Å²) in [5.74, 6) is -2.15. The number of carboxylic acids is 1. The largest absolute Gasteiger partial charge is 0.481 e. The molecule has 0 radical (unpaired) electrons. The van der Waals surface area contributed by atoms with E-state index < -0.39 is 40.3 Å². The van der Waals surface area contributed by atoms with E-state index in [9.17, 15) is 23.1 Å². The predicted molar refractivity (Wildman–Crippen MR) is 153 cm³/mol. The number of benzene rings is 4. The van der Waals surface area contributed by atoms with Gasteiger partial charge in [0.1, 0.15) is 0 Å². The Hall–Kier alpha value is -5.16. The van der Waals surface area contributed by atoms with Crippen molar-refractivity contribution in [3.05, 3.63) is 120 Å². The van der Waals surface area contributed by atoms with E-state index in [4.69, 9.17) is 11.5 Å². The van der Waals surface area contributed by atoms with Gasteiger partial charge in [-0.15, -0.1) is 5.10 Å². The second-order valence-corrected chi connectivity index (χ2v) is 10.5. The number of rotatable bonds is 10. The fourth-order valence-electron chi connectivity index (χ4n) is 4.02. The van der Waals surface area contributed by atoms with Gasteiger partial charge in [0.15, 0.2) is 0 Å². The number of sulfonamides is 1. The van der Waals surface area contributed by atoms with Crippen LogP contribution in [0.1, 0.15) is 28.4 Å². The smallest absolute Gasteiger partial charge is 0.305 e. The van der Waals surface area contributed by atoms with Crippen LogP contribution in [0.5, 0.6) is 0 Å². The van der Waals surface area contributed by atoms with E-state index in [0.717, 1.165) is 11.1 Å². The third-order valence-corrected chi connectivity index (χ3v) is 7.52. The number of hydrogen-bond donors (Lipinski definition) is 4. The zero-order valence-electron chi connectivity index (χ0n) is 21.2. The summed E-state index contributed by atoms with van der Waals surface area (Å²) in [5.41, 5.74) is 13.7. The number of carbonyl (C=O) groups excluding carboxylic acids is 1. The first-order valence-corrected chi connectivity index (χ1v) is 13.6. The average molecular weight is 558 g/mol. The first-order chi connectivity index (χ1) is 19.1. The van der Waals surface area contributed by atoms with E-state index in [0.29, 0.717) is 15.5 Å². The van der Waals surface area contributed by atoms with Crippen molar-refractivity contribution in [2.24, 2.45) is 16.6 Å². The molecule has 0 aromatic heterocycles. The maximum Gasteiger partial charge on any atom is 0.305 e. The highest BCUT2D eigenvalue weighted by molar-refractivity contribution is 7.92. The van der Waals surface area contributed by atoms with E-state index in [2.05, 4.69) is 10.4 Å². The highest BCUT2D eigenvalue weighted by Crippen LogP contribution is 2.28. The third-order valence-electron chi connectivity index (χ3n) is 5.91. The highest BCUT2D eigenvalue weighted by atomic mass is 32.2.